The number of aromatic carboxylic acids is 1. The number of aromatic nitrogens is 2. The lowest BCUT2D eigenvalue weighted by atomic mass is 10.0. The molecule has 2 heterocycles. The molecule has 3 aromatic rings. The number of piperazine rings is 1. The van der Waals surface area contributed by atoms with Crippen LogP contribution in [0.15, 0.2) is 60.7 Å². The van der Waals surface area contributed by atoms with Crippen molar-refractivity contribution < 1.29 is 33.8 Å². The van der Waals surface area contributed by atoms with Crippen LogP contribution in [0.5, 0.6) is 5.88 Å². The van der Waals surface area contributed by atoms with E-state index < -0.39 is 24.0 Å². The molecule has 1 aromatic heterocycles. The maximum absolute atomic E-state index is 13.9. The van der Waals surface area contributed by atoms with Gasteiger partial charge in [-0.1, -0.05) is 42.5 Å². The number of carboxylic acid groups (broad SMARTS) is 1. The predicted octanol–water partition coefficient (Wildman–Crippen LogP) is 3.81. The molecule has 12 heteroatoms. The number of carboxylic acids is 1. The standard InChI is InChI=1S/C33H37N5O7/c1-2-44-33(43)38-18-16-37(17-19-38)31(40)27(20-22-12-14-24(15-13-22)32(41)42)35-30(39)26-21-28(45-25-10-6-7-11-25)36-29(34-26)23-8-4-3-5-9-23/h3-5,8-9,12-15,21,25,27H,2,6-7,10-11,16-20H2,1H3,(H,35,39)(H,41,42). The molecule has 0 radical (unpaired) electrons. The van der Waals surface area contributed by atoms with Gasteiger partial charge in [-0.2, -0.15) is 4.98 Å². The molecule has 2 fully saturated rings. The Labute approximate surface area is 261 Å². The molecule has 1 saturated carbocycles. The normalized spacial score (nSPS) is 15.8. The van der Waals surface area contributed by atoms with E-state index in [1.54, 1.807) is 28.9 Å². The van der Waals surface area contributed by atoms with Gasteiger partial charge in [-0.25, -0.2) is 14.6 Å². The van der Waals surface area contributed by atoms with Crippen LogP contribution in [0, 0.1) is 0 Å². The molecule has 1 saturated heterocycles. The van der Waals surface area contributed by atoms with Gasteiger partial charge < -0.3 is 29.7 Å². The maximum atomic E-state index is 13.9. The first-order valence-corrected chi connectivity index (χ1v) is 15.3. The van der Waals surface area contributed by atoms with Crippen molar-refractivity contribution in [3.8, 4) is 17.3 Å². The number of ether oxygens (including phenoxy) is 2. The quantitative estimate of drug-likeness (QED) is 0.347. The third kappa shape index (κ3) is 8.14. The number of carbonyl (C=O) groups excluding carboxylic acids is 3. The van der Waals surface area contributed by atoms with Gasteiger partial charge in [-0.3, -0.25) is 9.59 Å². The van der Waals surface area contributed by atoms with Crippen molar-refractivity contribution in [3.63, 3.8) is 0 Å². The van der Waals surface area contributed by atoms with Gasteiger partial charge in [0.1, 0.15) is 17.8 Å². The minimum atomic E-state index is -1.06. The Morgan fingerprint density at radius 2 is 1.60 bits per heavy atom. The number of hydrogen-bond donors (Lipinski definition) is 2. The molecule has 2 N–H and O–H groups in total. The summed E-state index contributed by atoms with van der Waals surface area (Å²) in [5.74, 6) is -1.33. The zero-order valence-electron chi connectivity index (χ0n) is 25.2. The van der Waals surface area contributed by atoms with E-state index in [2.05, 4.69) is 15.3 Å². The average Bonchev–Trinajstić information content (AvgIpc) is 3.58. The van der Waals surface area contributed by atoms with Gasteiger partial charge in [0, 0.05) is 44.2 Å². The zero-order valence-corrected chi connectivity index (χ0v) is 25.2. The first kappa shape index (κ1) is 31.4. The molecular formula is C33H37N5O7. The van der Waals surface area contributed by atoms with Gasteiger partial charge in [-0.15, -0.1) is 0 Å². The van der Waals surface area contributed by atoms with Gasteiger partial charge in [0.05, 0.1) is 12.2 Å². The SMILES string of the molecule is CCOC(=O)N1CCN(C(=O)C(Cc2ccc(C(=O)O)cc2)NC(=O)c2cc(OC3CCCC3)nc(-c3ccccc3)n2)CC1. The molecule has 1 atom stereocenters. The summed E-state index contributed by atoms with van der Waals surface area (Å²) in [7, 11) is 0. The van der Waals surface area contributed by atoms with Crippen molar-refractivity contribution in [2.45, 2.75) is 51.2 Å². The Morgan fingerprint density at radius 3 is 2.24 bits per heavy atom. The van der Waals surface area contributed by atoms with E-state index in [4.69, 9.17) is 9.47 Å². The largest absolute Gasteiger partial charge is 0.478 e. The fourth-order valence-corrected chi connectivity index (χ4v) is 5.49. The average molecular weight is 616 g/mol. The molecule has 236 valence electrons. The van der Waals surface area contributed by atoms with E-state index in [1.807, 2.05) is 30.3 Å². The van der Waals surface area contributed by atoms with Gasteiger partial charge in [-0.05, 0) is 50.3 Å². The van der Waals surface area contributed by atoms with Crippen molar-refractivity contribution in [1.82, 2.24) is 25.1 Å². The summed E-state index contributed by atoms with van der Waals surface area (Å²) in [5.41, 5.74) is 1.56. The van der Waals surface area contributed by atoms with Crippen molar-refractivity contribution >= 4 is 23.9 Å². The zero-order chi connectivity index (χ0) is 31.8. The Bertz CT molecular complexity index is 1500. The van der Waals surface area contributed by atoms with Crippen molar-refractivity contribution in [2.24, 2.45) is 0 Å². The van der Waals surface area contributed by atoms with Gasteiger partial charge >= 0.3 is 12.1 Å². The minimum Gasteiger partial charge on any atom is -0.478 e. The molecule has 3 amide bonds. The molecule has 45 heavy (non-hydrogen) atoms. The lowest BCUT2D eigenvalue weighted by molar-refractivity contribution is -0.134. The van der Waals surface area contributed by atoms with Crippen LogP contribution in [-0.2, 0) is 16.0 Å². The Kier molecular flexibility index (Phi) is 10.2. The first-order valence-electron chi connectivity index (χ1n) is 15.3. The number of nitrogens with one attached hydrogen (secondary N) is 1. The van der Waals surface area contributed by atoms with Crippen molar-refractivity contribution in [1.29, 1.82) is 0 Å². The van der Waals surface area contributed by atoms with Crippen LogP contribution in [0.25, 0.3) is 11.4 Å². The minimum absolute atomic E-state index is 0.0100. The molecule has 1 aliphatic carbocycles. The highest BCUT2D eigenvalue weighted by molar-refractivity contribution is 5.97. The number of carbonyl (C=O) groups is 4. The topological polar surface area (TPSA) is 151 Å². The third-order valence-corrected chi connectivity index (χ3v) is 7.92. The monoisotopic (exact) mass is 615 g/mol. The summed E-state index contributed by atoms with van der Waals surface area (Å²) >= 11 is 0. The van der Waals surface area contributed by atoms with Crippen LogP contribution in [0.4, 0.5) is 4.79 Å². The van der Waals surface area contributed by atoms with E-state index >= 15 is 0 Å². The first-order chi connectivity index (χ1) is 21.8. The van der Waals surface area contributed by atoms with E-state index in [0.717, 1.165) is 25.7 Å². The van der Waals surface area contributed by atoms with Crippen LogP contribution in [0.3, 0.4) is 0 Å². The van der Waals surface area contributed by atoms with E-state index in [0.29, 0.717) is 35.9 Å². The van der Waals surface area contributed by atoms with Crippen molar-refractivity contribution in [2.75, 3.05) is 32.8 Å². The lowest BCUT2D eigenvalue weighted by Gasteiger charge is -2.36. The van der Waals surface area contributed by atoms with E-state index in [9.17, 15) is 24.3 Å². The fraction of sp³-hybridized carbons (Fsp3) is 0.394. The summed E-state index contributed by atoms with van der Waals surface area (Å²) in [6, 6.07) is 16.0. The Balaban J connectivity index is 1.39. The summed E-state index contributed by atoms with van der Waals surface area (Å²) < 4.78 is 11.2. The summed E-state index contributed by atoms with van der Waals surface area (Å²) in [4.78, 5) is 63.4. The van der Waals surface area contributed by atoms with Crippen LogP contribution in [0.1, 0.15) is 59.0 Å². The molecule has 2 aromatic carbocycles. The lowest BCUT2D eigenvalue weighted by Crippen LogP contribution is -2.56. The number of amides is 3. The number of benzene rings is 2. The van der Waals surface area contributed by atoms with Crippen LogP contribution < -0.4 is 10.1 Å². The number of hydrogen-bond acceptors (Lipinski definition) is 8. The predicted molar refractivity (Wildman–Crippen MR) is 164 cm³/mol. The Morgan fingerprint density at radius 1 is 0.933 bits per heavy atom. The molecule has 0 spiro atoms. The third-order valence-electron chi connectivity index (χ3n) is 7.92. The van der Waals surface area contributed by atoms with Crippen LogP contribution >= 0.6 is 0 Å². The van der Waals surface area contributed by atoms with Gasteiger partial charge in [0.15, 0.2) is 5.82 Å². The highest BCUT2D eigenvalue weighted by Gasteiger charge is 2.31. The highest BCUT2D eigenvalue weighted by Crippen LogP contribution is 2.25. The number of rotatable bonds is 10. The molecule has 0 bridgehead atoms. The van der Waals surface area contributed by atoms with E-state index in [1.165, 1.54) is 18.2 Å². The summed E-state index contributed by atoms with van der Waals surface area (Å²) in [5, 5.41) is 12.2. The molecule has 1 unspecified atom stereocenters. The maximum Gasteiger partial charge on any atom is 0.409 e. The summed E-state index contributed by atoms with van der Waals surface area (Å²) in [6.07, 6.45) is 3.65. The fourth-order valence-electron chi connectivity index (χ4n) is 5.49. The Hall–Kier alpha value is -5.00. The van der Waals surface area contributed by atoms with Gasteiger partial charge in [0.25, 0.3) is 5.91 Å². The van der Waals surface area contributed by atoms with E-state index in [-0.39, 0.29) is 49.4 Å². The second kappa shape index (κ2) is 14.7. The highest BCUT2D eigenvalue weighted by atomic mass is 16.6. The smallest absolute Gasteiger partial charge is 0.409 e. The summed E-state index contributed by atoms with van der Waals surface area (Å²) in [6.45, 7) is 3.13. The van der Waals surface area contributed by atoms with Gasteiger partial charge in [0.2, 0.25) is 11.8 Å². The molecular weight excluding hydrogens is 578 g/mol. The molecule has 5 rings (SSSR count). The molecule has 1 aliphatic heterocycles. The van der Waals surface area contributed by atoms with Crippen LogP contribution in [0.2, 0.25) is 0 Å². The molecule has 12 nitrogen and oxygen atoms in total. The van der Waals surface area contributed by atoms with Crippen LogP contribution in [-0.4, -0.2) is 93.7 Å². The second-order valence-corrected chi connectivity index (χ2v) is 11.0. The number of nitrogens with zero attached hydrogens (tertiary/aromatic N) is 4. The van der Waals surface area contributed by atoms with Crippen molar-refractivity contribution in [3.05, 3.63) is 77.5 Å². The second-order valence-electron chi connectivity index (χ2n) is 11.0. The molecule has 2 aliphatic rings.